The number of nitrogens with zero attached hydrogens (tertiary/aromatic N) is 4. The Morgan fingerprint density at radius 2 is 1.59 bits per heavy atom. The Kier molecular flexibility index (Phi) is 10.4. The third-order valence-electron chi connectivity index (χ3n) is 6.88. The number of halogens is 3. The smallest absolute Gasteiger partial charge is 0.481 e. The van der Waals surface area contributed by atoms with Gasteiger partial charge in [0.05, 0.1) is 6.54 Å². The minimum atomic E-state index is -4.82. The fourth-order valence-electron chi connectivity index (χ4n) is 4.69. The van der Waals surface area contributed by atoms with Gasteiger partial charge in [-0.25, -0.2) is 5.53 Å². The van der Waals surface area contributed by atoms with Crippen molar-refractivity contribution in [1.29, 1.82) is 5.53 Å². The predicted molar refractivity (Wildman–Crippen MR) is 158 cm³/mol. The number of anilines is 2. The molecule has 14 heteroatoms. The van der Waals surface area contributed by atoms with Gasteiger partial charge in [0.25, 0.3) is 17.8 Å². The van der Waals surface area contributed by atoms with Gasteiger partial charge >= 0.3 is 6.36 Å². The van der Waals surface area contributed by atoms with Crippen LogP contribution in [-0.4, -0.2) is 43.3 Å². The van der Waals surface area contributed by atoms with Crippen LogP contribution in [-0.2, 0) is 11.3 Å². The highest BCUT2D eigenvalue weighted by molar-refractivity contribution is 6.05. The minimum absolute atomic E-state index is 0.132. The monoisotopic (exact) mass is 611 g/mol. The number of ether oxygens (including phenoxy) is 2. The first-order chi connectivity index (χ1) is 21.1. The van der Waals surface area contributed by atoms with Crippen LogP contribution in [0.15, 0.2) is 83.0 Å². The summed E-state index contributed by atoms with van der Waals surface area (Å²) in [5.74, 6) is 3.57. The Balaban J connectivity index is 1.53. The van der Waals surface area contributed by atoms with E-state index in [-0.39, 0.29) is 23.8 Å². The molecule has 3 aromatic carbocycles. The van der Waals surface area contributed by atoms with Crippen LogP contribution < -0.4 is 30.4 Å². The maximum Gasteiger partial charge on any atom is 0.573 e. The van der Waals surface area contributed by atoms with Crippen LogP contribution in [0, 0.1) is 5.53 Å². The lowest BCUT2D eigenvalue weighted by Crippen LogP contribution is -2.40. The summed E-state index contributed by atoms with van der Waals surface area (Å²) in [6.45, 7) is 3.62. The molecule has 1 aliphatic rings. The number of amides is 2. The molecule has 1 atom stereocenters. The standard InChI is InChI=1S/C30H32F3N7O4/c1-20(43-25-13-15-26(16-14-25)44-30(31,32)33)28(42)40(24-11-9-23(10-12-24)39-17-3-2-4-18-39)19-21-5-7-22(8-6-21)27(41)36-29(37-34)38-35/h5-16,20,34H,2-4,17-19,35H2,1H3,(H,36,38,41). The predicted octanol–water partition coefficient (Wildman–Crippen LogP) is 5.57. The number of carbonyl (C=O) groups is 2. The SMILES string of the molecule is CC(Oc1ccc(OC(F)(F)F)cc1)C(=O)N(Cc1ccc(C(=O)N/C(N=N)=N/N)cc1)c1ccc(N2CCCCC2)cc1. The van der Waals surface area contributed by atoms with Crippen molar-refractivity contribution >= 4 is 29.1 Å². The molecule has 0 bridgehead atoms. The molecule has 1 fully saturated rings. The van der Waals surface area contributed by atoms with Gasteiger partial charge in [-0.1, -0.05) is 12.1 Å². The first-order valence-corrected chi connectivity index (χ1v) is 13.8. The summed E-state index contributed by atoms with van der Waals surface area (Å²) in [4.78, 5) is 30.0. The molecular weight excluding hydrogens is 579 g/mol. The van der Waals surface area contributed by atoms with Crippen LogP contribution in [0.1, 0.15) is 42.1 Å². The fourth-order valence-corrected chi connectivity index (χ4v) is 4.69. The van der Waals surface area contributed by atoms with Crippen molar-refractivity contribution in [3.8, 4) is 11.5 Å². The molecule has 11 nitrogen and oxygen atoms in total. The summed E-state index contributed by atoms with van der Waals surface area (Å²) < 4.78 is 47.2. The van der Waals surface area contributed by atoms with Crippen molar-refractivity contribution in [3.05, 3.63) is 83.9 Å². The molecule has 1 unspecified atom stereocenters. The van der Waals surface area contributed by atoms with Crippen LogP contribution in [0.3, 0.4) is 0 Å². The zero-order chi connectivity index (χ0) is 31.7. The maximum absolute atomic E-state index is 13.8. The number of alkyl halides is 3. The van der Waals surface area contributed by atoms with E-state index in [1.54, 1.807) is 36.1 Å². The summed E-state index contributed by atoms with van der Waals surface area (Å²) in [7, 11) is 0. The van der Waals surface area contributed by atoms with Gasteiger partial charge in [0, 0.05) is 30.0 Å². The Morgan fingerprint density at radius 3 is 2.16 bits per heavy atom. The number of rotatable bonds is 9. The van der Waals surface area contributed by atoms with Gasteiger partial charge in [0.2, 0.25) is 0 Å². The summed E-state index contributed by atoms with van der Waals surface area (Å²) in [5.41, 5.74) is 9.60. The highest BCUT2D eigenvalue weighted by Gasteiger charge is 2.31. The molecule has 0 aromatic heterocycles. The average molecular weight is 612 g/mol. The lowest BCUT2D eigenvalue weighted by molar-refractivity contribution is -0.274. The third-order valence-corrected chi connectivity index (χ3v) is 6.88. The molecule has 232 valence electrons. The minimum Gasteiger partial charge on any atom is -0.481 e. The number of nitrogens with one attached hydrogen (secondary N) is 2. The molecule has 2 amide bonds. The molecular formula is C30H32F3N7O4. The first-order valence-electron chi connectivity index (χ1n) is 13.8. The first kappa shape index (κ1) is 31.8. The number of benzene rings is 3. The molecule has 4 N–H and O–H groups in total. The van der Waals surface area contributed by atoms with Gasteiger partial charge in [0.1, 0.15) is 11.5 Å². The topological polar surface area (TPSA) is 146 Å². The second-order valence-electron chi connectivity index (χ2n) is 9.98. The summed E-state index contributed by atoms with van der Waals surface area (Å²) in [6.07, 6.45) is -2.38. The van der Waals surface area contributed by atoms with Gasteiger partial charge in [-0.15, -0.1) is 23.4 Å². The van der Waals surface area contributed by atoms with E-state index in [0.29, 0.717) is 11.3 Å². The molecule has 1 heterocycles. The number of nitrogens with two attached hydrogens (primary N) is 1. The van der Waals surface area contributed by atoms with Crippen molar-refractivity contribution < 1.29 is 32.2 Å². The molecule has 0 aliphatic carbocycles. The molecule has 3 aromatic rings. The van der Waals surface area contributed by atoms with Gasteiger partial charge in [-0.2, -0.15) is 0 Å². The normalized spacial score (nSPS) is 14.4. The van der Waals surface area contributed by atoms with E-state index < -0.39 is 30.0 Å². The second-order valence-corrected chi connectivity index (χ2v) is 9.98. The summed E-state index contributed by atoms with van der Waals surface area (Å²) >= 11 is 0. The van der Waals surface area contributed by atoms with Gasteiger partial charge in [0.15, 0.2) is 6.10 Å². The summed E-state index contributed by atoms with van der Waals surface area (Å²) in [5, 5.41) is 8.52. The number of hydrazone groups is 1. The maximum atomic E-state index is 13.8. The highest BCUT2D eigenvalue weighted by atomic mass is 19.4. The number of carbonyl (C=O) groups excluding carboxylic acids is 2. The van der Waals surface area contributed by atoms with Gasteiger partial charge < -0.3 is 25.1 Å². The van der Waals surface area contributed by atoms with Crippen molar-refractivity contribution in [1.82, 2.24) is 5.32 Å². The van der Waals surface area contributed by atoms with E-state index in [9.17, 15) is 22.8 Å². The lowest BCUT2D eigenvalue weighted by Gasteiger charge is -2.30. The Morgan fingerprint density at radius 1 is 0.977 bits per heavy atom. The fraction of sp³-hybridized carbons (Fsp3) is 0.300. The van der Waals surface area contributed by atoms with Gasteiger partial charge in [-0.05, 0) is 92.4 Å². The zero-order valence-electron chi connectivity index (χ0n) is 23.9. The molecule has 0 saturated carbocycles. The highest BCUT2D eigenvalue weighted by Crippen LogP contribution is 2.28. The molecule has 0 spiro atoms. The number of piperidine rings is 1. The van der Waals surface area contributed by atoms with Crippen molar-refractivity contribution in [2.45, 2.75) is 45.2 Å². The van der Waals surface area contributed by atoms with Crippen molar-refractivity contribution in [3.63, 3.8) is 0 Å². The molecule has 44 heavy (non-hydrogen) atoms. The van der Waals surface area contributed by atoms with E-state index >= 15 is 0 Å². The van der Waals surface area contributed by atoms with Crippen molar-refractivity contribution in [2.75, 3.05) is 22.9 Å². The number of guanidine groups is 1. The Bertz CT molecular complexity index is 1460. The van der Waals surface area contributed by atoms with E-state index in [1.807, 2.05) is 24.3 Å². The van der Waals surface area contributed by atoms with Crippen LogP contribution >= 0.6 is 0 Å². The quantitative estimate of drug-likeness (QED) is 0.0949. The van der Waals surface area contributed by atoms with E-state index in [4.69, 9.17) is 16.1 Å². The molecule has 4 rings (SSSR count). The number of hydrogen-bond donors (Lipinski definition) is 3. The summed E-state index contributed by atoms with van der Waals surface area (Å²) in [6, 6.07) is 18.9. The van der Waals surface area contributed by atoms with E-state index in [1.165, 1.54) is 18.6 Å². The Labute approximate surface area is 251 Å². The molecule has 1 saturated heterocycles. The lowest BCUT2D eigenvalue weighted by atomic mass is 10.1. The Hall–Kier alpha value is -5.14. The third kappa shape index (κ3) is 8.69. The van der Waals surface area contributed by atoms with Crippen molar-refractivity contribution in [2.24, 2.45) is 16.1 Å². The molecule has 1 aliphatic heterocycles. The van der Waals surface area contributed by atoms with E-state index in [2.05, 4.69) is 25.2 Å². The second kappa shape index (κ2) is 14.4. The van der Waals surface area contributed by atoms with E-state index in [0.717, 1.165) is 43.8 Å². The zero-order valence-corrected chi connectivity index (χ0v) is 23.9. The largest absolute Gasteiger partial charge is 0.573 e. The number of hydrogen-bond acceptors (Lipinski definition) is 8. The van der Waals surface area contributed by atoms with Crippen LogP contribution in [0.4, 0.5) is 24.5 Å². The van der Waals surface area contributed by atoms with Gasteiger partial charge in [-0.3, -0.25) is 14.9 Å². The average Bonchev–Trinajstić information content (AvgIpc) is 3.03. The van der Waals surface area contributed by atoms with Crippen LogP contribution in [0.2, 0.25) is 0 Å². The van der Waals surface area contributed by atoms with Crippen LogP contribution in [0.25, 0.3) is 0 Å². The molecule has 0 radical (unpaired) electrons. The van der Waals surface area contributed by atoms with Crippen LogP contribution in [0.5, 0.6) is 11.5 Å².